The van der Waals surface area contributed by atoms with E-state index in [1.807, 2.05) is 0 Å². The van der Waals surface area contributed by atoms with Crippen LogP contribution in [0.15, 0.2) is 18.2 Å². The maximum Gasteiger partial charge on any atom is 0.246 e. The Kier molecular flexibility index (Phi) is 3.04. The summed E-state index contributed by atoms with van der Waals surface area (Å²) in [5.41, 5.74) is 6.58. The van der Waals surface area contributed by atoms with E-state index in [1.54, 1.807) is 25.1 Å². The Morgan fingerprint density at radius 1 is 1.59 bits per heavy atom. The summed E-state index contributed by atoms with van der Waals surface area (Å²) in [6.07, 6.45) is 0. The van der Waals surface area contributed by atoms with Crippen molar-refractivity contribution in [1.29, 1.82) is 0 Å². The first-order valence-corrected chi connectivity index (χ1v) is 5.52. The maximum absolute atomic E-state index is 11.7. The molecule has 2 amide bonds. The van der Waals surface area contributed by atoms with Gasteiger partial charge in [0, 0.05) is 16.3 Å². The van der Waals surface area contributed by atoms with Gasteiger partial charge in [-0.05, 0) is 25.1 Å². The van der Waals surface area contributed by atoms with Gasteiger partial charge in [-0.3, -0.25) is 14.9 Å². The number of nitrogens with two attached hydrogens (primary N) is 1. The van der Waals surface area contributed by atoms with Crippen LogP contribution in [0.25, 0.3) is 0 Å². The number of primary amides is 1. The van der Waals surface area contributed by atoms with Crippen LogP contribution in [0.5, 0.6) is 0 Å². The highest BCUT2D eigenvalue weighted by molar-refractivity contribution is 6.31. The number of fused-ring (bicyclic) bond motifs is 1. The summed E-state index contributed by atoms with van der Waals surface area (Å²) in [6.45, 7) is 1.61. The lowest BCUT2D eigenvalue weighted by Crippen LogP contribution is -2.42. The number of rotatable bonds is 3. The fourth-order valence-corrected chi connectivity index (χ4v) is 1.91. The lowest BCUT2D eigenvalue weighted by Gasteiger charge is -2.15. The number of carbonyl (C=O) groups is 2. The summed E-state index contributed by atoms with van der Waals surface area (Å²) in [5, 5.41) is 6.11. The molecule has 0 fully saturated rings. The number of carbonyl (C=O) groups excluding carboxylic acids is 2. The number of anilines is 1. The fourth-order valence-electron chi connectivity index (χ4n) is 1.73. The maximum atomic E-state index is 11.7. The van der Waals surface area contributed by atoms with Crippen molar-refractivity contribution in [1.82, 2.24) is 5.32 Å². The third-order valence-corrected chi connectivity index (χ3v) is 2.92. The molecule has 1 aliphatic heterocycles. The zero-order valence-electron chi connectivity index (χ0n) is 9.16. The van der Waals surface area contributed by atoms with E-state index in [1.165, 1.54) is 0 Å². The average molecular weight is 254 g/mol. The molecule has 1 aromatic rings. The van der Waals surface area contributed by atoms with Gasteiger partial charge < -0.3 is 11.1 Å². The highest BCUT2D eigenvalue weighted by Crippen LogP contribution is 2.32. The van der Waals surface area contributed by atoms with Gasteiger partial charge in [-0.15, -0.1) is 0 Å². The zero-order valence-corrected chi connectivity index (χ0v) is 9.91. The van der Waals surface area contributed by atoms with E-state index in [0.29, 0.717) is 10.7 Å². The monoisotopic (exact) mass is 253 g/mol. The van der Waals surface area contributed by atoms with Gasteiger partial charge >= 0.3 is 0 Å². The Morgan fingerprint density at radius 3 is 2.94 bits per heavy atom. The lowest BCUT2D eigenvalue weighted by atomic mass is 10.1. The molecule has 0 aliphatic carbocycles. The number of hydrogen-bond acceptors (Lipinski definition) is 3. The molecule has 0 bridgehead atoms. The van der Waals surface area contributed by atoms with Crippen LogP contribution in [0.4, 0.5) is 5.69 Å². The Morgan fingerprint density at radius 2 is 2.29 bits per heavy atom. The van der Waals surface area contributed by atoms with E-state index in [4.69, 9.17) is 17.3 Å². The molecular formula is C11H12ClN3O2. The Hall–Kier alpha value is -1.59. The molecule has 1 aliphatic rings. The summed E-state index contributed by atoms with van der Waals surface area (Å²) in [7, 11) is 0. The standard InChI is InChI=1S/C11H12ClN3O2/c1-5(10(13)16)14-9-7-4-6(12)2-3-8(7)15-11(9)17/h2-5,9,14H,1H3,(H2,13,16)(H,15,17). The SMILES string of the molecule is CC(NC1C(=O)Nc2ccc(Cl)cc21)C(N)=O. The molecule has 6 heteroatoms. The van der Waals surface area contributed by atoms with Crippen LogP contribution >= 0.6 is 11.6 Å². The van der Waals surface area contributed by atoms with Crippen molar-refractivity contribution >= 4 is 29.1 Å². The molecule has 17 heavy (non-hydrogen) atoms. The highest BCUT2D eigenvalue weighted by atomic mass is 35.5. The smallest absolute Gasteiger partial charge is 0.246 e. The molecule has 1 aromatic carbocycles. The van der Waals surface area contributed by atoms with Gasteiger partial charge in [0.1, 0.15) is 6.04 Å². The van der Waals surface area contributed by atoms with Crippen molar-refractivity contribution in [3.8, 4) is 0 Å². The Labute approximate surface area is 103 Å². The third kappa shape index (κ3) is 2.25. The summed E-state index contributed by atoms with van der Waals surface area (Å²) < 4.78 is 0. The van der Waals surface area contributed by atoms with Gasteiger partial charge in [-0.25, -0.2) is 0 Å². The molecule has 0 saturated heterocycles. The van der Waals surface area contributed by atoms with E-state index < -0.39 is 18.0 Å². The van der Waals surface area contributed by atoms with Crippen molar-refractivity contribution in [3.05, 3.63) is 28.8 Å². The van der Waals surface area contributed by atoms with Gasteiger partial charge in [0.25, 0.3) is 0 Å². The molecule has 2 unspecified atom stereocenters. The molecule has 2 rings (SSSR count). The highest BCUT2D eigenvalue weighted by Gasteiger charge is 2.32. The second-order valence-corrected chi connectivity index (χ2v) is 4.38. The second-order valence-electron chi connectivity index (χ2n) is 3.94. The molecule has 2 atom stereocenters. The van der Waals surface area contributed by atoms with Crippen LogP contribution in [0.3, 0.4) is 0 Å². The number of benzene rings is 1. The molecule has 1 heterocycles. The first-order valence-electron chi connectivity index (χ1n) is 5.14. The summed E-state index contributed by atoms with van der Waals surface area (Å²) >= 11 is 5.88. The molecule has 5 nitrogen and oxygen atoms in total. The molecule has 0 radical (unpaired) electrons. The van der Waals surface area contributed by atoms with Crippen LogP contribution in [0.2, 0.25) is 5.02 Å². The normalized spacial score (nSPS) is 19.6. The Balaban J connectivity index is 2.28. The van der Waals surface area contributed by atoms with Crippen molar-refractivity contribution < 1.29 is 9.59 Å². The number of hydrogen-bond donors (Lipinski definition) is 3. The minimum Gasteiger partial charge on any atom is -0.368 e. The van der Waals surface area contributed by atoms with Gasteiger partial charge in [0.05, 0.1) is 6.04 Å². The van der Waals surface area contributed by atoms with Gasteiger partial charge in [-0.2, -0.15) is 0 Å². The first kappa shape index (κ1) is 11.9. The summed E-state index contributed by atoms with van der Waals surface area (Å²) in [5.74, 6) is -0.719. The predicted octanol–water partition coefficient (Wildman–Crippen LogP) is 0.797. The fraction of sp³-hybridized carbons (Fsp3) is 0.273. The van der Waals surface area contributed by atoms with Crippen LogP contribution < -0.4 is 16.4 Å². The summed E-state index contributed by atoms with van der Waals surface area (Å²) in [6, 6.07) is 3.94. The van der Waals surface area contributed by atoms with Crippen LogP contribution in [-0.4, -0.2) is 17.9 Å². The number of halogens is 1. The molecule has 0 saturated carbocycles. The van der Waals surface area contributed by atoms with Crippen LogP contribution in [0, 0.1) is 0 Å². The van der Waals surface area contributed by atoms with Gasteiger partial charge in [-0.1, -0.05) is 11.6 Å². The minimum absolute atomic E-state index is 0.213. The van der Waals surface area contributed by atoms with Crippen molar-refractivity contribution in [2.24, 2.45) is 5.73 Å². The van der Waals surface area contributed by atoms with E-state index in [0.717, 1.165) is 5.56 Å². The van der Waals surface area contributed by atoms with Gasteiger partial charge in [0.15, 0.2) is 0 Å². The number of amides is 2. The minimum atomic E-state index is -0.591. The van der Waals surface area contributed by atoms with Crippen LogP contribution in [-0.2, 0) is 9.59 Å². The zero-order chi connectivity index (χ0) is 12.6. The predicted molar refractivity (Wildman–Crippen MR) is 64.6 cm³/mol. The van der Waals surface area contributed by atoms with Crippen molar-refractivity contribution in [2.75, 3.05) is 5.32 Å². The first-order chi connectivity index (χ1) is 7.99. The Bertz CT molecular complexity index is 490. The van der Waals surface area contributed by atoms with Crippen LogP contribution in [0.1, 0.15) is 18.5 Å². The molecule has 4 N–H and O–H groups in total. The van der Waals surface area contributed by atoms with Crippen molar-refractivity contribution in [3.63, 3.8) is 0 Å². The van der Waals surface area contributed by atoms with E-state index >= 15 is 0 Å². The molecule has 0 spiro atoms. The second kappa shape index (κ2) is 4.35. The third-order valence-electron chi connectivity index (χ3n) is 2.69. The molecule has 0 aromatic heterocycles. The summed E-state index contributed by atoms with van der Waals surface area (Å²) in [4.78, 5) is 22.7. The topological polar surface area (TPSA) is 84.2 Å². The van der Waals surface area contributed by atoms with E-state index in [-0.39, 0.29) is 5.91 Å². The average Bonchev–Trinajstić information content (AvgIpc) is 2.55. The lowest BCUT2D eigenvalue weighted by molar-refractivity contribution is -0.121. The number of nitrogens with one attached hydrogen (secondary N) is 2. The van der Waals surface area contributed by atoms with Crippen molar-refractivity contribution in [2.45, 2.75) is 19.0 Å². The quantitative estimate of drug-likeness (QED) is 0.745. The largest absolute Gasteiger partial charge is 0.368 e. The van der Waals surface area contributed by atoms with E-state index in [2.05, 4.69) is 10.6 Å². The molecule has 90 valence electrons. The van der Waals surface area contributed by atoms with Gasteiger partial charge in [0.2, 0.25) is 11.8 Å². The molecular weight excluding hydrogens is 242 g/mol. The van der Waals surface area contributed by atoms with E-state index in [9.17, 15) is 9.59 Å².